The van der Waals surface area contributed by atoms with Crippen molar-refractivity contribution in [1.29, 1.82) is 5.26 Å². The maximum Gasteiger partial charge on any atom is 0.422 e. The summed E-state index contributed by atoms with van der Waals surface area (Å²) >= 11 is 2.95. The summed E-state index contributed by atoms with van der Waals surface area (Å²) in [5.41, 5.74) is 0.237. The molecule has 1 aromatic heterocycles. The molecule has 1 aromatic rings. The third kappa shape index (κ3) is 3.75. The average molecular weight is 281 g/mol. The first kappa shape index (κ1) is 11.8. The van der Waals surface area contributed by atoms with Crippen molar-refractivity contribution in [2.75, 3.05) is 6.61 Å². The van der Waals surface area contributed by atoms with Crippen molar-refractivity contribution in [3.63, 3.8) is 0 Å². The van der Waals surface area contributed by atoms with Crippen LogP contribution in [0.3, 0.4) is 0 Å². The van der Waals surface area contributed by atoms with Gasteiger partial charge in [0, 0.05) is 6.20 Å². The summed E-state index contributed by atoms with van der Waals surface area (Å²) in [5, 5.41) is 8.48. The number of pyridine rings is 1. The van der Waals surface area contributed by atoms with Crippen molar-refractivity contribution in [3.8, 4) is 11.9 Å². The molecule has 0 radical (unpaired) electrons. The molecule has 0 aliphatic carbocycles. The Kier molecular flexibility index (Phi) is 3.52. The summed E-state index contributed by atoms with van der Waals surface area (Å²) in [6.07, 6.45) is -3.27. The number of hydrogen-bond donors (Lipinski definition) is 0. The molecule has 3 nitrogen and oxygen atoms in total. The molecule has 7 heteroatoms. The largest absolute Gasteiger partial charge is 0.467 e. The first-order chi connectivity index (χ1) is 6.92. The molecular weight excluding hydrogens is 277 g/mol. The molecule has 0 unspecified atom stereocenters. The van der Waals surface area contributed by atoms with Crippen LogP contribution in [0.25, 0.3) is 0 Å². The second-order valence-corrected chi connectivity index (χ2v) is 3.38. The molecule has 0 atom stereocenters. The van der Waals surface area contributed by atoms with Crippen LogP contribution in [0.2, 0.25) is 0 Å². The first-order valence-corrected chi connectivity index (χ1v) is 4.47. The van der Waals surface area contributed by atoms with Gasteiger partial charge in [0.2, 0.25) is 5.88 Å². The Morgan fingerprint density at radius 3 is 2.67 bits per heavy atom. The fourth-order valence-electron chi connectivity index (χ4n) is 0.743. The second kappa shape index (κ2) is 4.49. The van der Waals surface area contributed by atoms with Gasteiger partial charge in [-0.1, -0.05) is 0 Å². The van der Waals surface area contributed by atoms with E-state index in [-0.39, 0.29) is 15.9 Å². The molecule has 0 amide bonds. The van der Waals surface area contributed by atoms with E-state index in [4.69, 9.17) is 5.26 Å². The van der Waals surface area contributed by atoms with Crippen LogP contribution < -0.4 is 4.74 Å². The van der Waals surface area contributed by atoms with E-state index < -0.39 is 12.8 Å². The van der Waals surface area contributed by atoms with E-state index in [0.29, 0.717) is 0 Å². The lowest BCUT2D eigenvalue weighted by molar-refractivity contribution is -0.154. The van der Waals surface area contributed by atoms with Gasteiger partial charge in [-0.3, -0.25) is 0 Å². The highest BCUT2D eigenvalue weighted by atomic mass is 79.9. The summed E-state index contributed by atoms with van der Waals surface area (Å²) in [5.74, 6) is -0.189. The number of hydrogen-bond acceptors (Lipinski definition) is 3. The van der Waals surface area contributed by atoms with Crippen LogP contribution in [-0.2, 0) is 0 Å². The van der Waals surface area contributed by atoms with Gasteiger partial charge in [-0.2, -0.15) is 18.4 Å². The van der Waals surface area contributed by atoms with Crippen LogP contribution in [0, 0.1) is 11.3 Å². The zero-order valence-electron chi connectivity index (χ0n) is 7.18. The second-order valence-electron chi connectivity index (χ2n) is 2.53. The van der Waals surface area contributed by atoms with Gasteiger partial charge in [-0.05, 0) is 22.0 Å². The number of aromatic nitrogens is 1. The lowest BCUT2D eigenvalue weighted by atomic mass is 10.3. The minimum Gasteiger partial charge on any atom is -0.467 e. The van der Waals surface area contributed by atoms with E-state index in [1.807, 2.05) is 0 Å². The lowest BCUT2D eigenvalue weighted by Gasteiger charge is -2.09. The maximum atomic E-state index is 11.8. The number of alkyl halides is 3. The van der Waals surface area contributed by atoms with Crippen LogP contribution in [0.1, 0.15) is 5.56 Å². The van der Waals surface area contributed by atoms with Crippen molar-refractivity contribution in [2.45, 2.75) is 6.18 Å². The molecular formula is C8H4BrF3N2O. The highest BCUT2D eigenvalue weighted by Crippen LogP contribution is 2.25. The average Bonchev–Trinajstić information content (AvgIpc) is 2.14. The Balaban J connectivity index is 2.76. The molecule has 0 aromatic carbocycles. The Hall–Kier alpha value is -1.29. The fourth-order valence-corrected chi connectivity index (χ4v) is 1.21. The van der Waals surface area contributed by atoms with Crippen LogP contribution in [0.4, 0.5) is 13.2 Å². The monoisotopic (exact) mass is 280 g/mol. The number of rotatable bonds is 2. The normalized spacial score (nSPS) is 10.9. The van der Waals surface area contributed by atoms with E-state index in [1.165, 1.54) is 6.07 Å². The van der Waals surface area contributed by atoms with Crippen LogP contribution in [0.15, 0.2) is 16.7 Å². The van der Waals surface area contributed by atoms with Crippen molar-refractivity contribution in [3.05, 3.63) is 22.3 Å². The lowest BCUT2D eigenvalue weighted by Crippen LogP contribution is -2.19. The van der Waals surface area contributed by atoms with E-state index in [0.717, 1.165) is 6.20 Å². The van der Waals surface area contributed by atoms with Crippen molar-refractivity contribution in [2.24, 2.45) is 0 Å². The zero-order chi connectivity index (χ0) is 11.5. The molecule has 0 aliphatic rings. The number of halogens is 4. The highest BCUT2D eigenvalue weighted by molar-refractivity contribution is 9.10. The Morgan fingerprint density at radius 2 is 2.20 bits per heavy atom. The van der Waals surface area contributed by atoms with E-state index in [9.17, 15) is 13.2 Å². The van der Waals surface area contributed by atoms with Crippen LogP contribution in [0.5, 0.6) is 5.88 Å². The maximum absolute atomic E-state index is 11.8. The molecule has 0 N–H and O–H groups in total. The van der Waals surface area contributed by atoms with Gasteiger partial charge in [0.1, 0.15) is 6.07 Å². The zero-order valence-corrected chi connectivity index (χ0v) is 8.76. The predicted molar refractivity (Wildman–Crippen MR) is 48.2 cm³/mol. The Morgan fingerprint density at radius 1 is 1.53 bits per heavy atom. The van der Waals surface area contributed by atoms with Gasteiger partial charge in [0.15, 0.2) is 6.61 Å². The van der Waals surface area contributed by atoms with Crippen LogP contribution in [-0.4, -0.2) is 17.8 Å². The molecule has 0 fully saturated rings. The molecule has 0 spiro atoms. The third-order valence-electron chi connectivity index (χ3n) is 1.31. The third-order valence-corrected chi connectivity index (χ3v) is 1.88. The van der Waals surface area contributed by atoms with Gasteiger partial charge in [0.25, 0.3) is 0 Å². The van der Waals surface area contributed by atoms with Crippen molar-refractivity contribution < 1.29 is 17.9 Å². The minimum atomic E-state index is -4.41. The molecule has 0 saturated heterocycles. The van der Waals surface area contributed by atoms with Crippen molar-refractivity contribution in [1.82, 2.24) is 4.98 Å². The van der Waals surface area contributed by atoms with Gasteiger partial charge in [0.05, 0.1) is 10.0 Å². The summed E-state index contributed by atoms with van der Waals surface area (Å²) in [4.78, 5) is 3.56. The first-order valence-electron chi connectivity index (χ1n) is 3.67. The summed E-state index contributed by atoms with van der Waals surface area (Å²) in [7, 11) is 0. The molecule has 1 rings (SSSR count). The quantitative estimate of drug-likeness (QED) is 0.837. The fraction of sp³-hybridized carbons (Fsp3) is 0.250. The number of nitriles is 1. The van der Waals surface area contributed by atoms with E-state index in [2.05, 4.69) is 25.7 Å². The Bertz CT molecular complexity index is 400. The standard InChI is InChI=1S/C8H4BrF3N2O/c9-6-1-5(2-13)3-14-7(6)15-4-8(10,11)12/h1,3H,4H2. The van der Waals surface area contributed by atoms with E-state index in [1.54, 1.807) is 6.07 Å². The number of ether oxygens (including phenoxy) is 1. The minimum absolute atomic E-state index is 0.189. The SMILES string of the molecule is N#Cc1cnc(OCC(F)(F)F)c(Br)c1. The smallest absolute Gasteiger partial charge is 0.422 e. The highest BCUT2D eigenvalue weighted by Gasteiger charge is 2.29. The number of nitrogens with zero attached hydrogens (tertiary/aromatic N) is 2. The molecule has 15 heavy (non-hydrogen) atoms. The van der Waals surface area contributed by atoms with Crippen molar-refractivity contribution >= 4 is 15.9 Å². The molecule has 0 saturated carbocycles. The topological polar surface area (TPSA) is 45.9 Å². The summed E-state index contributed by atoms with van der Waals surface area (Å²) in [6.45, 7) is -1.41. The summed E-state index contributed by atoms with van der Waals surface area (Å²) < 4.78 is 40.0. The van der Waals surface area contributed by atoms with E-state index >= 15 is 0 Å². The Labute approximate surface area is 91.6 Å². The molecule has 0 aliphatic heterocycles. The van der Waals surface area contributed by atoms with Gasteiger partial charge < -0.3 is 4.74 Å². The predicted octanol–water partition coefficient (Wildman–Crippen LogP) is 2.66. The molecule has 0 bridgehead atoms. The van der Waals surface area contributed by atoms with Gasteiger partial charge in [-0.25, -0.2) is 4.98 Å². The van der Waals surface area contributed by atoms with Gasteiger partial charge >= 0.3 is 6.18 Å². The van der Waals surface area contributed by atoms with Crippen LogP contribution >= 0.6 is 15.9 Å². The van der Waals surface area contributed by atoms with Gasteiger partial charge in [-0.15, -0.1) is 0 Å². The summed E-state index contributed by atoms with van der Waals surface area (Å²) in [6, 6.07) is 3.13. The molecule has 80 valence electrons. The molecule has 1 heterocycles.